The van der Waals surface area contributed by atoms with Crippen molar-refractivity contribution in [1.82, 2.24) is 15.1 Å². The van der Waals surface area contributed by atoms with Gasteiger partial charge in [-0.1, -0.05) is 20.8 Å². The average molecular weight is 267 g/mol. The van der Waals surface area contributed by atoms with Gasteiger partial charge in [0.1, 0.15) is 0 Å². The standard InChI is InChI=1S/C15H29N3O/c1-5-17-8-6-7-13(10-17)18-14(9-11(2)3)16-12(4)15(18)19/h11-14,16H,5-10H2,1-4H3. The number of hydrogen-bond acceptors (Lipinski definition) is 3. The first-order valence-corrected chi connectivity index (χ1v) is 7.83. The predicted molar refractivity (Wildman–Crippen MR) is 77.8 cm³/mol. The second-order valence-corrected chi connectivity index (χ2v) is 6.47. The van der Waals surface area contributed by atoms with Crippen LogP contribution in [-0.4, -0.2) is 53.6 Å². The van der Waals surface area contributed by atoms with Crippen molar-refractivity contribution in [3.05, 3.63) is 0 Å². The lowest BCUT2D eigenvalue weighted by atomic mass is 10.0. The summed E-state index contributed by atoms with van der Waals surface area (Å²) in [5.74, 6) is 0.914. The van der Waals surface area contributed by atoms with Gasteiger partial charge in [-0.05, 0) is 45.2 Å². The molecule has 2 aliphatic heterocycles. The van der Waals surface area contributed by atoms with Gasteiger partial charge < -0.3 is 9.80 Å². The van der Waals surface area contributed by atoms with Crippen molar-refractivity contribution in [2.24, 2.45) is 5.92 Å². The van der Waals surface area contributed by atoms with Gasteiger partial charge in [-0.3, -0.25) is 10.1 Å². The average Bonchev–Trinajstić information content (AvgIpc) is 2.64. The number of nitrogens with one attached hydrogen (secondary N) is 1. The van der Waals surface area contributed by atoms with Crippen LogP contribution in [0, 0.1) is 5.92 Å². The minimum absolute atomic E-state index is 0.0132. The van der Waals surface area contributed by atoms with E-state index in [2.05, 4.69) is 35.9 Å². The second kappa shape index (κ2) is 6.23. The van der Waals surface area contributed by atoms with Crippen molar-refractivity contribution in [1.29, 1.82) is 0 Å². The molecule has 2 aliphatic rings. The highest BCUT2D eigenvalue weighted by atomic mass is 16.2. The number of carbonyl (C=O) groups is 1. The van der Waals surface area contributed by atoms with Gasteiger partial charge in [-0.2, -0.15) is 0 Å². The van der Waals surface area contributed by atoms with Crippen LogP contribution in [0.5, 0.6) is 0 Å². The fraction of sp³-hybridized carbons (Fsp3) is 0.933. The molecule has 1 N–H and O–H groups in total. The number of amides is 1. The van der Waals surface area contributed by atoms with Gasteiger partial charge >= 0.3 is 0 Å². The van der Waals surface area contributed by atoms with Crippen molar-refractivity contribution >= 4 is 5.91 Å². The predicted octanol–water partition coefficient (Wildman–Crippen LogP) is 1.66. The number of likely N-dealkylation sites (N-methyl/N-ethyl adjacent to an activating group) is 1. The van der Waals surface area contributed by atoms with Gasteiger partial charge in [-0.25, -0.2) is 0 Å². The Kier molecular flexibility index (Phi) is 4.85. The molecule has 0 aromatic heterocycles. The van der Waals surface area contributed by atoms with Gasteiger partial charge in [0.2, 0.25) is 5.91 Å². The van der Waals surface area contributed by atoms with E-state index in [0.717, 1.165) is 25.9 Å². The van der Waals surface area contributed by atoms with Crippen LogP contribution >= 0.6 is 0 Å². The van der Waals surface area contributed by atoms with Crippen molar-refractivity contribution in [2.75, 3.05) is 19.6 Å². The molecule has 2 heterocycles. The molecule has 2 saturated heterocycles. The number of hydrogen-bond donors (Lipinski definition) is 1. The summed E-state index contributed by atoms with van der Waals surface area (Å²) in [6.45, 7) is 12.0. The van der Waals surface area contributed by atoms with E-state index in [0.29, 0.717) is 17.9 Å². The Morgan fingerprint density at radius 3 is 2.79 bits per heavy atom. The Bertz CT molecular complexity index is 319. The molecule has 2 fully saturated rings. The zero-order valence-electron chi connectivity index (χ0n) is 12.9. The van der Waals surface area contributed by atoms with E-state index >= 15 is 0 Å². The third kappa shape index (κ3) is 3.29. The molecule has 19 heavy (non-hydrogen) atoms. The number of likely N-dealkylation sites (tertiary alicyclic amines) is 1. The van der Waals surface area contributed by atoms with E-state index < -0.39 is 0 Å². The van der Waals surface area contributed by atoms with Crippen LogP contribution in [0.2, 0.25) is 0 Å². The SMILES string of the molecule is CCN1CCCC(N2C(=O)C(C)NC2CC(C)C)C1. The van der Waals surface area contributed by atoms with Gasteiger partial charge in [0.25, 0.3) is 0 Å². The molecule has 0 aromatic rings. The van der Waals surface area contributed by atoms with E-state index in [1.165, 1.54) is 13.0 Å². The number of carbonyl (C=O) groups excluding carboxylic acids is 1. The molecule has 2 rings (SSSR count). The van der Waals surface area contributed by atoms with E-state index in [4.69, 9.17) is 0 Å². The van der Waals surface area contributed by atoms with Crippen LogP contribution in [0.1, 0.15) is 47.0 Å². The second-order valence-electron chi connectivity index (χ2n) is 6.47. The Morgan fingerprint density at radius 2 is 2.16 bits per heavy atom. The summed E-state index contributed by atoms with van der Waals surface area (Å²) in [6, 6.07) is 0.392. The molecule has 3 unspecified atom stereocenters. The number of piperidine rings is 1. The highest BCUT2D eigenvalue weighted by molar-refractivity contribution is 5.84. The monoisotopic (exact) mass is 267 g/mol. The van der Waals surface area contributed by atoms with Gasteiger partial charge in [0, 0.05) is 12.6 Å². The van der Waals surface area contributed by atoms with Crippen LogP contribution in [0.25, 0.3) is 0 Å². The third-order valence-corrected chi connectivity index (χ3v) is 4.42. The summed E-state index contributed by atoms with van der Waals surface area (Å²) in [5.41, 5.74) is 0. The largest absolute Gasteiger partial charge is 0.322 e. The van der Waals surface area contributed by atoms with Gasteiger partial charge in [0.05, 0.1) is 12.2 Å². The Morgan fingerprint density at radius 1 is 1.42 bits per heavy atom. The molecule has 0 bridgehead atoms. The molecule has 0 aromatic carbocycles. The quantitative estimate of drug-likeness (QED) is 0.841. The molecule has 0 radical (unpaired) electrons. The van der Waals surface area contributed by atoms with Crippen molar-refractivity contribution in [3.63, 3.8) is 0 Å². The maximum atomic E-state index is 12.4. The normalized spacial score (nSPS) is 33.4. The highest BCUT2D eigenvalue weighted by Crippen LogP contribution is 2.25. The lowest BCUT2D eigenvalue weighted by molar-refractivity contribution is -0.133. The van der Waals surface area contributed by atoms with E-state index in [-0.39, 0.29) is 12.2 Å². The molecular weight excluding hydrogens is 238 g/mol. The fourth-order valence-electron chi connectivity index (χ4n) is 3.43. The first kappa shape index (κ1) is 14.8. The van der Waals surface area contributed by atoms with Crippen molar-refractivity contribution in [3.8, 4) is 0 Å². The van der Waals surface area contributed by atoms with Crippen LogP contribution in [0.4, 0.5) is 0 Å². The van der Waals surface area contributed by atoms with Gasteiger partial charge in [-0.15, -0.1) is 0 Å². The zero-order valence-corrected chi connectivity index (χ0v) is 12.9. The highest BCUT2D eigenvalue weighted by Gasteiger charge is 2.41. The Hall–Kier alpha value is -0.610. The van der Waals surface area contributed by atoms with Crippen molar-refractivity contribution < 1.29 is 4.79 Å². The maximum absolute atomic E-state index is 12.4. The molecule has 3 atom stereocenters. The summed E-state index contributed by atoms with van der Waals surface area (Å²) in [5, 5.41) is 3.47. The molecule has 110 valence electrons. The lowest BCUT2D eigenvalue weighted by Gasteiger charge is -2.40. The number of rotatable bonds is 4. The first-order chi connectivity index (χ1) is 9.02. The summed E-state index contributed by atoms with van der Waals surface area (Å²) in [6.07, 6.45) is 3.67. The summed E-state index contributed by atoms with van der Waals surface area (Å²) < 4.78 is 0. The molecule has 0 spiro atoms. The van der Waals surface area contributed by atoms with Crippen LogP contribution in [-0.2, 0) is 4.79 Å². The molecule has 0 aliphatic carbocycles. The molecule has 4 heteroatoms. The first-order valence-electron chi connectivity index (χ1n) is 7.83. The number of nitrogens with zero attached hydrogens (tertiary/aromatic N) is 2. The Balaban J connectivity index is 2.07. The maximum Gasteiger partial charge on any atom is 0.241 e. The smallest absolute Gasteiger partial charge is 0.241 e. The fourth-order valence-corrected chi connectivity index (χ4v) is 3.43. The van der Waals surface area contributed by atoms with Crippen LogP contribution < -0.4 is 5.32 Å². The minimum Gasteiger partial charge on any atom is -0.322 e. The van der Waals surface area contributed by atoms with E-state index in [1.807, 2.05) is 6.92 Å². The van der Waals surface area contributed by atoms with Gasteiger partial charge in [0.15, 0.2) is 0 Å². The van der Waals surface area contributed by atoms with Crippen LogP contribution in [0.3, 0.4) is 0 Å². The Labute approximate surface area is 117 Å². The van der Waals surface area contributed by atoms with Crippen LogP contribution in [0.15, 0.2) is 0 Å². The minimum atomic E-state index is -0.0132. The lowest BCUT2D eigenvalue weighted by Crippen LogP contribution is -2.52. The summed E-state index contributed by atoms with van der Waals surface area (Å²) >= 11 is 0. The molecule has 0 saturated carbocycles. The molecule has 4 nitrogen and oxygen atoms in total. The zero-order chi connectivity index (χ0) is 14.0. The molecule has 1 amide bonds. The third-order valence-electron chi connectivity index (χ3n) is 4.42. The van der Waals surface area contributed by atoms with Crippen molar-refractivity contribution in [2.45, 2.75) is 65.2 Å². The summed E-state index contributed by atoms with van der Waals surface area (Å²) in [4.78, 5) is 17.1. The topological polar surface area (TPSA) is 35.6 Å². The van der Waals surface area contributed by atoms with E-state index in [9.17, 15) is 4.79 Å². The molecular formula is C15H29N3O. The summed E-state index contributed by atoms with van der Waals surface area (Å²) in [7, 11) is 0. The van der Waals surface area contributed by atoms with E-state index in [1.54, 1.807) is 0 Å².